The summed E-state index contributed by atoms with van der Waals surface area (Å²) in [6.45, 7) is 0.729. The lowest BCUT2D eigenvalue weighted by Crippen LogP contribution is -2.28. The van der Waals surface area contributed by atoms with E-state index in [0.717, 1.165) is 44.2 Å². The molecular formula is C13H18N2O2. The van der Waals surface area contributed by atoms with Gasteiger partial charge in [-0.2, -0.15) is 0 Å². The maximum Gasteiger partial charge on any atom is 0.210 e. The summed E-state index contributed by atoms with van der Waals surface area (Å²) in [5.74, 6) is 0. The molecule has 1 amide bonds. The van der Waals surface area contributed by atoms with E-state index in [4.69, 9.17) is 0 Å². The number of aliphatic hydroxyl groups is 1. The van der Waals surface area contributed by atoms with Gasteiger partial charge in [-0.25, -0.2) is 0 Å². The Morgan fingerprint density at radius 3 is 3.12 bits per heavy atom. The van der Waals surface area contributed by atoms with E-state index >= 15 is 0 Å². The molecular weight excluding hydrogens is 216 g/mol. The smallest absolute Gasteiger partial charge is 0.210 e. The van der Waals surface area contributed by atoms with Crippen molar-refractivity contribution in [2.75, 3.05) is 6.54 Å². The summed E-state index contributed by atoms with van der Waals surface area (Å²) >= 11 is 0. The lowest BCUT2D eigenvalue weighted by molar-refractivity contribution is -0.120. The Kier molecular flexibility index (Phi) is 4.09. The Labute approximate surface area is 101 Å². The van der Waals surface area contributed by atoms with Crippen molar-refractivity contribution in [1.82, 2.24) is 9.88 Å². The maximum atomic E-state index is 11.1. The van der Waals surface area contributed by atoms with Crippen molar-refractivity contribution in [1.29, 1.82) is 0 Å². The van der Waals surface area contributed by atoms with Gasteiger partial charge in [0.25, 0.3) is 0 Å². The second kappa shape index (κ2) is 5.77. The van der Waals surface area contributed by atoms with Gasteiger partial charge < -0.3 is 10.0 Å². The molecule has 0 aromatic carbocycles. The van der Waals surface area contributed by atoms with Crippen molar-refractivity contribution < 1.29 is 9.90 Å². The number of hydrogen-bond donors (Lipinski definition) is 1. The Morgan fingerprint density at radius 2 is 2.35 bits per heavy atom. The minimum Gasteiger partial charge on any atom is -0.390 e. The van der Waals surface area contributed by atoms with Crippen LogP contribution in [0.3, 0.4) is 0 Å². The lowest BCUT2D eigenvalue weighted by atomic mass is 10.00. The first-order valence-electron chi connectivity index (χ1n) is 6.12. The molecule has 1 fully saturated rings. The molecule has 0 bridgehead atoms. The van der Waals surface area contributed by atoms with Crippen LogP contribution in [0.15, 0.2) is 18.3 Å². The first-order chi connectivity index (χ1) is 8.36. The first-order valence-corrected chi connectivity index (χ1v) is 6.12. The molecule has 1 aliphatic rings. The normalized spacial score (nSPS) is 21.0. The highest BCUT2D eigenvalue weighted by Gasteiger charge is 2.23. The van der Waals surface area contributed by atoms with Gasteiger partial charge in [0.05, 0.1) is 18.3 Å². The van der Waals surface area contributed by atoms with Crippen LogP contribution >= 0.6 is 0 Å². The first kappa shape index (κ1) is 12.0. The Morgan fingerprint density at radius 1 is 1.47 bits per heavy atom. The van der Waals surface area contributed by atoms with Crippen molar-refractivity contribution in [3.8, 4) is 0 Å². The molecule has 0 unspecified atom stereocenters. The Bertz CT molecular complexity index is 381. The Hall–Kier alpha value is -1.42. The standard InChI is InChI=1S/C13H18N2O2/c16-9-12-11(5-4-7-14-12)13-6-2-1-3-8-15(13)10-17/h4-5,7,10,13,16H,1-3,6,8-9H2/t13-/m0/s1. The van der Waals surface area contributed by atoms with Crippen molar-refractivity contribution >= 4 is 6.41 Å². The van der Waals surface area contributed by atoms with E-state index in [1.807, 2.05) is 17.0 Å². The van der Waals surface area contributed by atoms with E-state index in [2.05, 4.69) is 4.98 Å². The van der Waals surface area contributed by atoms with Crippen LogP contribution in [0.25, 0.3) is 0 Å². The molecule has 4 nitrogen and oxygen atoms in total. The molecule has 1 aromatic rings. The van der Waals surface area contributed by atoms with Crippen LogP contribution in [0.4, 0.5) is 0 Å². The zero-order chi connectivity index (χ0) is 12.1. The predicted molar refractivity (Wildman–Crippen MR) is 64.1 cm³/mol. The third-order valence-electron chi connectivity index (χ3n) is 3.36. The quantitative estimate of drug-likeness (QED) is 0.809. The van der Waals surface area contributed by atoms with Gasteiger partial charge in [0.1, 0.15) is 0 Å². The van der Waals surface area contributed by atoms with Gasteiger partial charge in [-0.1, -0.05) is 18.9 Å². The van der Waals surface area contributed by atoms with Crippen LogP contribution in [0, 0.1) is 0 Å². The lowest BCUT2D eigenvalue weighted by Gasteiger charge is -2.27. The van der Waals surface area contributed by atoms with Crippen LogP contribution in [0.1, 0.15) is 43.0 Å². The molecule has 92 valence electrons. The summed E-state index contributed by atoms with van der Waals surface area (Å²) in [6, 6.07) is 3.90. The fourth-order valence-corrected chi connectivity index (χ4v) is 2.48. The summed E-state index contributed by atoms with van der Waals surface area (Å²) in [5, 5.41) is 9.31. The number of rotatable bonds is 3. The number of amides is 1. The molecule has 0 radical (unpaired) electrons. The summed E-state index contributed by atoms with van der Waals surface area (Å²) in [4.78, 5) is 17.2. The largest absolute Gasteiger partial charge is 0.390 e. The molecule has 17 heavy (non-hydrogen) atoms. The van der Waals surface area contributed by atoms with Crippen LogP contribution in [-0.4, -0.2) is 27.9 Å². The predicted octanol–water partition coefficient (Wildman–Crippen LogP) is 1.65. The van der Waals surface area contributed by atoms with Crippen molar-refractivity contribution in [3.05, 3.63) is 29.6 Å². The average Bonchev–Trinajstić information content (AvgIpc) is 2.63. The van der Waals surface area contributed by atoms with Crippen LogP contribution in [0.2, 0.25) is 0 Å². The summed E-state index contributed by atoms with van der Waals surface area (Å²) < 4.78 is 0. The van der Waals surface area contributed by atoms with E-state index in [1.54, 1.807) is 6.20 Å². The van der Waals surface area contributed by atoms with Crippen molar-refractivity contribution in [2.24, 2.45) is 0 Å². The number of hydrogen-bond acceptors (Lipinski definition) is 3. The van der Waals surface area contributed by atoms with Gasteiger partial charge in [-0.3, -0.25) is 9.78 Å². The minimum absolute atomic E-state index is 0.0701. The molecule has 2 heterocycles. The van der Waals surface area contributed by atoms with E-state index in [0.29, 0.717) is 5.69 Å². The molecule has 0 aliphatic carbocycles. The van der Waals surface area contributed by atoms with Gasteiger partial charge in [0.15, 0.2) is 0 Å². The van der Waals surface area contributed by atoms with E-state index in [9.17, 15) is 9.90 Å². The number of carbonyl (C=O) groups is 1. The Balaban J connectivity index is 2.31. The number of aliphatic hydroxyl groups excluding tert-OH is 1. The van der Waals surface area contributed by atoms with Crippen molar-refractivity contribution in [3.63, 3.8) is 0 Å². The maximum absolute atomic E-state index is 11.1. The fourth-order valence-electron chi connectivity index (χ4n) is 2.48. The SMILES string of the molecule is O=CN1CCCCC[C@H]1c1cccnc1CO. The van der Waals surface area contributed by atoms with E-state index in [1.165, 1.54) is 0 Å². The number of likely N-dealkylation sites (tertiary alicyclic amines) is 1. The van der Waals surface area contributed by atoms with Crippen molar-refractivity contribution in [2.45, 2.75) is 38.3 Å². The summed E-state index contributed by atoms with van der Waals surface area (Å²) in [6.07, 6.45) is 6.90. The average molecular weight is 234 g/mol. The topological polar surface area (TPSA) is 53.4 Å². The van der Waals surface area contributed by atoms with Gasteiger partial charge >= 0.3 is 0 Å². The highest BCUT2D eigenvalue weighted by Crippen LogP contribution is 2.30. The van der Waals surface area contributed by atoms with E-state index in [-0.39, 0.29) is 12.6 Å². The zero-order valence-corrected chi connectivity index (χ0v) is 9.88. The van der Waals surface area contributed by atoms with Gasteiger partial charge in [0.2, 0.25) is 6.41 Å². The van der Waals surface area contributed by atoms with Crippen LogP contribution in [0.5, 0.6) is 0 Å². The molecule has 1 atom stereocenters. The third kappa shape index (κ3) is 2.64. The molecule has 1 saturated heterocycles. The number of nitrogens with zero attached hydrogens (tertiary/aromatic N) is 2. The van der Waals surface area contributed by atoms with Gasteiger partial charge in [-0.05, 0) is 24.5 Å². The highest BCUT2D eigenvalue weighted by atomic mass is 16.3. The third-order valence-corrected chi connectivity index (χ3v) is 3.36. The molecule has 0 saturated carbocycles. The number of carbonyl (C=O) groups excluding carboxylic acids is 1. The second-order valence-corrected chi connectivity index (χ2v) is 4.41. The fraction of sp³-hybridized carbons (Fsp3) is 0.538. The van der Waals surface area contributed by atoms with E-state index < -0.39 is 0 Å². The van der Waals surface area contributed by atoms with Crippen LogP contribution < -0.4 is 0 Å². The molecule has 0 spiro atoms. The van der Waals surface area contributed by atoms with Gasteiger partial charge in [-0.15, -0.1) is 0 Å². The minimum atomic E-state index is -0.0701. The molecule has 1 aromatic heterocycles. The zero-order valence-electron chi connectivity index (χ0n) is 9.88. The molecule has 2 rings (SSSR count). The second-order valence-electron chi connectivity index (χ2n) is 4.41. The molecule has 4 heteroatoms. The summed E-state index contributed by atoms with van der Waals surface area (Å²) in [7, 11) is 0. The summed E-state index contributed by atoms with van der Waals surface area (Å²) in [5.41, 5.74) is 1.68. The molecule has 1 N–H and O–H groups in total. The van der Waals surface area contributed by atoms with Gasteiger partial charge in [0, 0.05) is 12.7 Å². The highest BCUT2D eigenvalue weighted by molar-refractivity contribution is 5.49. The molecule has 1 aliphatic heterocycles. The monoisotopic (exact) mass is 234 g/mol. The number of pyridine rings is 1. The number of aromatic nitrogens is 1. The van der Waals surface area contributed by atoms with Crippen LogP contribution in [-0.2, 0) is 11.4 Å².